The van der Waals surface area contributed by atoms with E-state index < -0.39 is 10.0 Å². The number of aliphatic hydroxyl groups excluding tert-OH is 1. The maximum Gasteiger partial charge on any atom is 0.241 e. The standard InChI is InChI=1S/C13H18BrNO3S2/c1-9-5-10(7-16)6-11(12(9)14)20(17,18)15-8-13(19-2)3-4-13/h5-6,15-16H,3-4,7-8H2,1-2H3. The van der Waals surface area contributed by atoms with Crippen LogP contribution in [-0.2, 0) is 16.6 Å². The van der Waals surface area contributed by atoms with E-state index in [4.69, 9.17) is 0 Å². The number of rotatable bonds is 6. The highest BCUT2D eigenvalue weighted by atomic mass is 79.9. The highest BCUT2D eigenvalue weighted by molar-refractivity contribution is 9.10. The molecule has 1 aliphatic rings. The number of benzene rings is 1. The fourth-order valence-corrected chi connectivity index (χ4v) is 5.00. The van der Waals surface area contributed by atoms with Gasteiger partial charge in [0.2, 0.25) is 10.0 Å². The molecular formula is C13H18BrNO3S2. The first-order chi connectivity index (χ1) is 9.33. The van der Waals surface area contributed by atoms with Gasteiger partial charge in [-0.3, -0.25) is 0 Å². The summed E-state index contributed by atoms with van der Waals surface area (Å²) < 4.78 is 28.2. The third-order valence-corrected chi connectivity index (χ3v) is 7.74. The SMILES string of the molecule is CSC1(CNS(=O)(=O)c2cc(CO)cc(C)c2Br)CC1. The van der Waals surface area contributed by atoms with Crippen LogP contribution >= 0.6 is 27.7 Å². The molecule has 112 valence electrons. The summed E-state index contributed by atoms with van der Waals surface area (Å²) in [7, 11) is -3.57. The first-order valence-electron chi connectivity index (χ1n) is 6.28. The molecule has 0 spiro atoms. The largest absolute Gasteiger partial charge is 0.392 e. The molecule has 0 saturated heterocycles. The predicted octanol–water partition coefficient (Wildman–Crippen LogP) is 2.42. The summed E-state index contributed by atoms with van der Waals surface area (Å²) in [6.07, 6.45) is 4.11. The van der Waals surface area contributed by atoms with Crippen molar-refractivity contribution >= 4 is 37.7 Å². The van der Waals surface area contributed by atoms with Crippen LogP contribution in [0.3, 0.4) is 0 Å². The first-order valence-corrected chi connectivity index (χ1v) is 9.78. The number of thioether (sulfide) groups is 1. The average Bonchev–Trinajstić information content (AvgIpc) is 3.20. The normalized spacial score (nSPS) is 17.2. The molecule has 1 aromatic carbocycles. The molecule has 0 unspecified atom stereocenters. The van der Waals surface area contributed by atoms with Gasteiger partial charge in [0, 0.05) is 15.8 Å². The maximum absolute atomic E-state index is 12.4. The molecule has 7 heteroatoms. The van der Waals surface area contributed by atoms with Gasteiger partial charge in [-0.15, -0.1) is 0 Å². The molecule has 1 fully saturated rings. The summed E-state index contributed by atoms with van der Waals surface area (Å²) in [4.78, 5) is 0.193. The van der Waals surface area contributed by atoms with Gasteiger partial charge < -0.3 is 5.11 Å². The van der Waals surface area contributed by atoms with E-state index in [-0.39, 0.29) is 16.2 Å². The van der Waals surface area contributed by atoms with Gasteiger partial charge in [-0.05, 0) is 59.1 Å². The van der Waals surface area contributed by atoms with Crippen molar-refractivity contribution in [3.63, 3.8) is 0 Å². The van der Waals surface area contributed by atoms with Crippen molar-refractivity contribution < 1.29 is 13.5 Å². The predicted molar refractivity (Wildman–Crippen MR) is 85.5 cm³/mol. The third-order valence-electron chi connectivity index (χ3n) is 3.58. The highest BCUT2D eigenvalue weighted by Crippen LogP contribution is 2.46. The van der Waals surface area contributed by atoms with Crippen molar-refractivity contribution in [2.24, 2.45) is 0 Å². The Bertz CT molecular complexity index is 612. The van der Waals surface area contributed by atoms with Gasteiger partial charge in [-0.2, -0.15) is 11.8 Å². The van der Waals surface area contributed by atoms with E-state index in [1.165, 1.54) is 6.07 Å². The fraction of sp³-hybridized carbons (Fsp3) is 0.538. The Kier molecular flexibility index (Phi) is 4.86. The second kappa shape index (κ2) is 5.96. The van der Waals surface area contributed by atoms with E-state index in [1.54, 1.807) is 17.8 Å². The zero-order valence-corrected chi connectivity index (χ0v) is 14.7. The van der Waals surface area contributed by atoms with Crippen molar-refractivity contribution in [1.82, 2.24) is 4.72 Å². The molecule has 0 aliphatic heterocycles. The average molecular weight is 380 g/mol. The van der Waals surface area contributed by atoms with Crippen LogP contribution in [0.5, 0.6) is 0 Å². The Morgan fingerprint density at radius 1 is 1.45 bits per heavy atom. The van der Waals surface area contributed by atoms with E-state index in [0.717, 1.165) is 18.4 Å². The lowest BCUT2D eigenvalue weighted by Crippen LogP contribution is -2.32. The fourth-order valence-electron chi connectivity index (χ4n) is 1.99. The summed E-state index contributed by atoms with van der Waals surface area (Å²) in [5.41, 5.74) is 1.39. The van der Waals surface area contributed by atoms with Gasteiger partial charge in [-0.1, -0.05) is 6.07 Å². The van der Waals surface area contributed by atoms with Crippen LogP contribution in [0, 0.1) is 6.92 Å². The maximum atomic E-state index is 12.4. The zero-order valence-electron chi connectivity index (χ0n) is 11.4. The van der Waals surface area contributed by atoms with Crippen molar-refractivity contribution in [3.8, 4) is 0 Å². The van der Waals surface area contributed by atoms with Crippen molar-refractivity contribution in [3.05, 3.63) is 27.7 Å². The molecule has 0 aromatic heterocycles. The summed E-state index contributed by atoms with van der Waals surface area (Å²) in [5.74, 6) is 0. The quantitative estimate of drug-likeness (QED) is 0.796. The molecule has 0 atom stereocenters. The van der Waals surface area contributed by atoms with Crippen molar-refractivity contribution in [1.29, 1.82) is 0 Å². The minimum Gasteiger partial charge on any atom is -0.392 e. The van der Waals surface area contributed by atoms with Gasteiger partial charge in [0.1, 0.15) is 0 Å². The molecule has 0 radical (unpaired) electrons. The second-order valence-electron chi connectivity index (χ2n) is 5.09. The van der Waals surface area contributed by atoms with E-state index >= 15 is 0 Å². The molecule has 0 amide bonds. The van der Waals surface area contributed by atoms with Crippen molar-refractivity contribution in [2.45, 2.75) is 36.0 Å². The van der Waals surface area contributed by atoms with Crippen molar-refractivity contribution in [2.75, 3.05) is 12.8 Å². The van der Waals surface area contributed by atoms with Crippen LogP contribution < -0.4 is 4.72 Å². The lowest BCUT2D eigenvalue weighted by molar-refractivity contribution is 0.281. The molecule has 2 rings (SSSR count). The van der Waals surface area contributed by atoms with E-state index in [9.17, 15) is 13.5 Å². The minimum atomic E-state index is -3.57. The Morgan fingerprint density at radius 2 is 2.10 bits per heavy atom. The minimum absolute atomic E-state index is 0.0726. The summed E-state index contributed by atoms with van der Waals surface area (Å²) in [5, 5.41) is 9.22. The molecular weight excluding hydrogens is 362 g/mol. The molecule has 20 heavy (non-hydrogen) atoms. The van der Waals surface area contributed by atoms with E-state index in [1.807, 2.05) is 13.2 Å². The van der Waals surface area contributed by atoms with Gasteiger partial charge in [0.25, 0.3) is 0 Å². The number of hydrogen-bond acceptors (Lipinski definition) is 4. The molecule has 1 aliphatic carbocycles. The van der Waals surface area contributed by atoms with Crippen LogP contribution in [0.25, 0.3) is 0 Å². The van der Waals surface area contributed by atoms with Gasteiger partial charge in [0.15, 0.2) is 0 Å². The third kappa shape index (κ3) is 3.39. The topological polar surface area (TPSA) is 66.4 Å². The van der Waals surface area contributed by atoms with Crippen LogP contribution in [0.2, 0.25) is 0 Å². The Balaban J connectivity index is 2.27. The summed E-state index contributed by atoms with van der Waals surface area (Å²) in [6, 6.07) is 3.28. The Morgan fingerprint density at radius 3 is 2.60 bits per heavy atom. The highest BCUT2D eigenvalue weighted by Gasteiger charge is 2.42. The van der Waals surface area contributed by atoms with Crippen LogP contribution in [0.1, 0.15) is 24.0 Å². The van der Waals surface area contributed by atoms with Crippen LogP contribution in [0.4, 0.5) is 0 Å². The number of hydrogen-bond donors (Lipinski definition) is 2. The van der Waals surface area contributed by atoms with Gasteiger partial charge >= 0.3 is 0 Å². The Hall–Kier alpha value is -0.0800. The van der Waals surface area contributed by atoms with Crippen LogP contribution in [-0.4, -0.2) is 31.1 Å². The summed E-state index contributed by atoms with van der Waals surface area (Å²) >= 11 is 5.04. The molecule has 1 aromatic rings. The molecule has 2 N–H and O–H groups in total. The number of sulfonamides is 1. The molecule has 0 bridgehead atoms. The first kappa shape index (κ1) is 16.3. The van der Waals surface area contributed by atoms with E-state index in [2.05, 4.69) is 20.7 Å². The smallest absolute Gasteiger partial charge is 0.241 e. The zero-order chi connectivity index (χ0) is 15.0. The van der Waals surface area contributed by atoms with Gasteiger partial charge in [0.05, 0.1) is 11.5 Å². The summed E-state index contributed by atoms with van der Waals surface area (Å²) in [6.45, 7) is 2.09. The monoisotopic (exact) mass is 379 g/mol. The number of aryl methyl sites for hydroxylation is 1. The number of halogens is 1. The van der Waals surface area contributed by atoms with E-state index in [0.29, 0.717) is 16.6 Å². The van der Waals surface area contributed by atoms with Gasteiger partial charge in [-0.25, -0.2) is 13.1 Å². The molecule has 4 nitrogen and oxygen atoms in total. The molecule has 0 heterocycles. The second-order valence-corrected chi connectivity index (χ2v) is 8.90. The molecule has 1 saturated carbocycles. The Labute approximate surface area is 132 Å². The lowest BCUT2D eigenvalue weighted by Gasteiger charge is -2.15. The van der Waals surface area contributed by atoms with Crippen LogP contribution in [0.15, 0.2) is 21.5 Å². The number of aliphatic hydroxyl groups is 1. The number of nitrogens with one attached hydrogen (secondary N) is 1. The lowest BCUT2D eigenvalue weighted by atomic mass is 10.1.